The highest BCUT2D eigenvalue weighted by Gasteiger charge is 2.22. The molecule has 1 aliphatic rings. The lowest BCUT2D eigenvalue weighted by atomic mass is 10.2. The Hall–Kier alpha value is -3.16. The third-order valence-corrected chi connectivity index (χ3v) is 4.17. The summed E-state index contributed by atoms with van der Waals surface area (Å²) in [6, 6.07) is 5.70. The van der Waals surface area contributed by atoms with Crippen LogP contribution in [-0.2, 0) is 11.3 Å². The first-order valence-corrected chi connectivity index (χ1v) is 8.48. The fraction of sp³-hybridized carbons (Fsp3) is 0.333. The van der Waals surface area contributed by atoms with E-state index in [9.17, 15) is 4.79 Å². The van der Waals surface area contributed by atoms with Gasteiger partial charge in [-0.2, -0.15) is 5.10 Å². The number of hydrogen-bond donors (Lipinski definition) is 0. The molecule has 0 fully saturated rings. The first kappa shape index (κ1) is 16.3. The van der Waals surface area contributed by atoms with Crippen molar-refractivity contribution < 1.29 is 14.3 Å². The van der Waals surface area contributed by atoms with Crippen molar-refractivity contribution >= 4 is 6.29 Å². The zero-order valence-corrected chi connectivity index (χ0v) is 14.6. The molecule has 26 heavy (non-hydrogen) atoms. The van der Waals surface area contributed by atoms with Crippen LogP contribution < -0.4 is 9.47 Å². The highest BCUT2D eigenvalue weighted by molar-refractivity contribution is 5.69. The number of ether oxygens (including phenoxy) is 2. The van der Waals surface area contributed by atoms with E-state index in [1.165, 1.54) is 0 Å². The van der Waals surface area contributed by atoms with E-state index in [0.29, 0.717) is 24.7 Å². The monoisotopic (exact) mass is 353 g/mol. The van der Waals surface area contributed by atoms with Crippen LogP contribution in [0.4, 0.5) is 0 Å². The Labute approximate surface area is 150 Å². The molecular formula is C18H19N5O3. The number of carbonyl (C=O) groups is 1. The molecule has 0 amide bonds. The second-order valence-corrected chi connectivity index (χ2v) is 6.25. The number of aromatic nitrogens is 5. The van der Waals surface area contributed by atoms with Crippen LogP contribution in [0.15, 0.2) is 30.7 Å². The average molecular weight is 353 g/mol. The van der Waals surface area contributed by atoms with E-state index in [1.807, 2.05) is 23.0 Å². The van der Waals surface area contributed by atoms with Crippen LogP contribution in [0.25, 0.3) is 22.9 Å². The van der Waals surface area contributed by atoms with Gasteiger partial charge in [-0.3, -0.25) is 4.79 Å². The number of benzene rings is 1. The summed E-state index contributed by atoms with van der Waals surface area (Å²) < 4.78 is 15.1. The molecule has 0 bridgehead atoms. The third kappa shape index (κ3) is 2.83. The predicted octanol–water partition coefficient (Wildman–Crippen LogP) is 2.36. The molecule has 0 atom stereocenters. The molecule has 8 nitrogen and oxygen atoms in total. The summed E-state index contributed by atoms with van der Waals surface area (Å²) in [6.07, 6.45) is 4.25. The SMILES string of the molecule is CC(C)n1ncnc1-c1cn2c(n1)-c1ccc(OCC=O)cc1OCC2. The smallest absolute Gasteiger partial charge is 0.178 e. The van der Waals surface area contributed by atoms with Gasteiger partial charge in [0.15, 0.2) is 12.1 Å². The molecular weight excluding hydrogens is 334 g/mol. The van der Waals surface area contributed by atoms with Crippen LogP contribution in [0, 0.1) is 0 Å². The summed E-state index contributed by atoms with van der Waals surface area (Å²) in [4.78, 5) is 19.7. The van der Waals surface area contributed by atoms with Gasteiger partial charge in [0.25, 0.3) is 0 Å². The highest BCUT2D eigenvalue weighted by atomic mass is 16.5. The topological polar surface area (TPSA) is 84.1 Å². The van der Waals surface area contributed by atoms with E-state index < -0.39 is 0 Å². The van der Waals surface area contributed by atoms with Crippen LogP contribution in [0.1, 0.15) is 19.9 Å². The Morgan fingerprint density at radius 2 is 2.23 bits per heavy atom. The summed E-state index contributed by atoms with van der Waals surface area (Å²) in [5.41, 5.74) is 1.66. The molecule has 3 heterocycles. The van der Waals surface area contributed by atoms with Crippen LogP contribution in [0.3, 0.4) is 0 Å². The van der Waals surface area contributed by atoms with E-state index in [4.69, 9.17) is 14.5 Å². The summed E-state index contributed by atoms with van der Waals surface area (Å²) in [5.74, 6) is 2.84. The lowest BCUT2D eigenvalue weighted by molar-refractivity contribution is -0.109. The fourth-order valence-corrected chi connectivity index (χ4v) is 3.00. The Morgan fingerprint density at radius 1 is 1.35 bits per heavy atom. The predicted molar refractivity (Wildman–Crippen MR) is 94.1 cm³/mol. The molecule has 0 spiro atoms. The van der Waals surface area contributed by atoms with Crippen LogP contribution in [-0.4, -0.2) is 43.8 Å². The van der Waals surface area contributed by atoms with E-state index in [1.54, 1.807) is 12.4 Å². The van der Waals surface area contributed by atoms with Crippen molar-refractivity contribution in [1.29, 1.82) is 0 Å². The molecule has 0 saturated carbocycles. The maximum atomic E-state index is 10.5. The highest BCUT2D eigenvalue weighted by Crippen LogP contribution is 2.36. The Bertz CT molecular complexity index is 944. The van der Waals surface area contributed by atoms with Gasteiger partial charge in [-0.15, -0.1) is 0 Å². The normalized spacial score (nSPS) is 12.9. The number of fused-ring (bicyclic) bond motifs is 3. The number of rotatable bonds is 5. The first-order valence-electron chi connectivity index (χ1n) is 8.48. The number of hydrogen-bond acceptors (Lipinski definition) is 6. The quantitative estimate of drug-likeness (QED) is 0.655. The van der Waals surface area contributed by atoms with Crippen LogP contribution >= 0.6 is 0 Å². The van der Waals surface area contributed by atoms with E-state index >= 15 is 0 Å². The van der Waals surface area contributed by atoms with Gasteiger partial charge in [-0.05, 0) is 26.0 Å². The third-order valence-electron chi connectivity index (χ3n) is 4.17. The zero-order chi connectivity index (χ0) is 18.1. The lowest BCUT2D eigenvalue weighted by Gasteiger charge is -2.09. The minimum atomic E-state index is 0.0163. The standard InChI is InChI=1S/C18H19N5O3/c1-12(2)23-18(19-11-20-23)15-10-22-5-7-26-16-9-13(25-8-6-24)3-4-14(16)17(22)21-15/h3-4,6,9-12H,5,7-8H2,1-2H3. The average Bonchev–Trinajstić information content (AvgIpc) is 3.24. The van der Waals surface area contributed by atoms with Gasteiger partial charge in [-0.25, -0.2) is 14.6 Å². The summed E-state index contributed by atoms with van der Waals surface area (Å²) in [7, 11) is 0. The zero-order valence-electron chi connectivity index (χ0n) is 14.6. The molecule has 1 aliphatic heterocycles. The Morgan fingerprint density at radius 3 is 3.04 bits per heavy atom. The molecule has 0 aliphatic carbocycles. The molecule has 3 aromatic rings. The van der Waals surface area contributed by atoms with Gasteiger partial charge in [-0.1, -0.05) is 0 Å². The summed E-state index contributed by atoms with van der Waals surface area (Å²) in [6.45, 7) is 5.33. The summed E-state index contributed by atoms with van der Waals surface area (Å²) in [5, 5.41) is 4.29. The molecule has 4 rings (SSSR count). The molecule has 8 heteroatoms. The Kier molecular flexibility index (Phi) is 4.16. The molecule has 0 unspecified atom stereocenters. The van der Waals surface area contributed by atoms with Crippen molar-refractivity contribution in [3.63, 3.8) is 0 Å². The van der Waals surface area contributed by atoms with Crippen molar-refractivity contribution in [3.05, 3.63) is 30.7 Å². The fourth-order valence-electron chi connectivity index (χ4n) is 3.00. The second-order valence-electron chi connectivity index (χ2n) is 6.25. The molecule has 2 aromatic heterocycles. The van der Waals surface area contributed by atoms with Gasteiger partial charge in [0.1, 0.15) is 42.6 Å². The van der Waals surface area contributed by atoms with E-state index in [-0.39, 0.29) is 12.6 Å². The van der Waals surface area contributed by atoms with E-state index in [0.717, 1.165) is 29.2 Å². The summed E-state index contributed by atoms with van der Waals surface area (Å²) >= 11 is 0. The first-order chi connectivity index (χ1) is 12.7. The molecule has 1 aromatic carbocycles. The molecule has 0 radical (unpaired) electrons. The van der Waals surface area contributed by atoms with Crippen molar-refractivity contribution in [2.24, 2.45) is 0 Å². The number of aldehydes is 1. The van der Waals surface area contributed by atoms with Gasteiger partial charge < -0.3 is 14.0 Å². The van der Waals surface area contributed by atoms with Crippen molar-refractivity contribution in [2.75, 3.05) is 13.2 Å². The van der Waals surface area contributed by atoms with E-state index in [2.05, 4.69) is 28.5 Å². The van der Waals surface area contributed by atoms with Crippen molar-refractivity contribution in [2.45, 2.75) is 26.4 Å². The largest absolute Gasteiger partial charge is 0.491 e. The minimum absolute atomic E-state index is 0.0163. The molecule has 134 valence electrons. The number of nitrogens with zero attached hydrogens (tertiary/aromatic N) is 5. The second kappa shape index (κ2) is 6.62. The van der Waals surface area contributed by atoms with Crippen molar-refractivity contribution in [1.82, 2.24) is 24.3 Å². The van der Waals surface area contributed by atoms with Crippen LogP contribution in [0.5, 0.6) is 11.5 Å². The molecule has 0 N–H and O–H groups in total. The van der Waals surface area contributed by atoms with Crippen LogP contribution in [0.2, 0.25) is 0 Å². The van der Waals surface area contributed by atoms with Gasteiger partial charge in [0.05, 0.1) is 12.1 Å². The van der Waals surface area contributed by atoms with Gasteiger partial charge in [0.2, 0.25) is 0 Å². The maximum absolute atomic E-state index is 10.5. The number of carbonyl (C=O) groups excluding carboxylic acids is 1. The van der Waals surface area contributed by atoms with Crippen molar-refractivity contribution in [3.8, 4) is 34.4 Å². The van der Waals surface area contributed by atoms with Gasteiger partial charge in [0, 0.05) is 18.3 Å². The Balaban J connectivity index is 1.75. The maximum Gasteiger partial charge on any atom is 0.178 e. The van der Waals surface area contributed by atoms with Gasteiger partial charge >= 0.3 is 0 Å². The lowest BCUT2D eigenvalue weighted by Crippen LogP contribution is -2.06. The molecule has 0 saturated heterocycles. The minimum Gasteiger partial charge on any atom is -0.491 e. The number of imidazole rings is 1.